The maximum Gasteiger partial charge on any atom is 0.255 e. The van der Waals surface area contributed by atoms with Crippen molar-refractivity contribution in [2.75, 3.05) is 19.6 Å². The molecule has 5 rings (SSSR count). The largest absolute Gasteiger partial charge is 0.342 e. The third-order valence-electron chi connectivity index (χ3n) is 7.23. The van der Waals surface area contributed by atoms with Crippen molar-refractivity contribution in [3.63, 3.8) is 0 Å². The molecule has 1 aromatic heterocycles. The standard InChI is InChI=1S/C24H28F2N4O2/c25-17-5-6-20(26)16(11-17)12-22(31)30-9-7-15(13-30)23-27-21-8-10-29(18-3-1-2-4-18)14-19(21)24(32)28-23/h5-6,11,15,18H,1-4,7-10,12-14H2,(H,27,28,32). The molecular weight excluding hydrogens is 414 g/mol. The van der Waals surface area contributed by atoms with Crippen LogP contribution in [0.15, 0.2) is 23.0 Å². The summed E-state index contributed by atoms with van der Waals surface area (Å²) in [5.41, 5.74) is 1.65. The quantitative estimate of drug-likeness (QED) is 0.791. The summed E-state index contributed by atoms with van der Waals surface area (Å²) in [6.07, 6.45) is 6.24. The van der Waals surface area contributed by atoms with Crippen LogP contribution in [0.25, 0.3) is 0 Å². The van der Waals surface area contributed by atoms with E-state index in [9.17, 15) is 18.4 Å². The number of nitrogens with one attached hydrogen (secondary N) is 1. The molecule has 0 bridgehead atoms. The van der Waals surface area contributed by atoms with E-state index in [-0.39, 0.29) is 29.4 Å². The minimum atomic E-state index is -0.581. The Labute approximate surface area is 185 Å². The van der Waals surface area contributed by atoms with Crippen molar-refractivity contribution in [1.82, 2.24) is 19.8 Å². The van der Waals surface area contributed by atoms with Crippen LogP contribution >= 0.6 is 0 Å². The number of H-pyrrole nitrogens is 1. The first-order valence-corrected chi connectivity index (χ1v) is 11.6. The van der Waals surface area contributed by atoms with E-state index in [4.69, 9.17) is 4.98 Å². The van der Waals surface area contributed by atoms with E-state index in [1.165, 1.54) is 25.7 Å². The molecule has 3 heterocycles. The molecule has 3 aliphatic rings. The molecule has 0 radical (unpaired) electrons. The van der Waals surface area contributed by atoms with Crippen molar-refractivity contribution < 1.29 is 13.6 Å². The molecule has 2 fully saturated rings. The molecule has 0 spiro atoms. The number of benzene rings is 1. The number of carbonyl (C=O) groups is 1. The maximum atomic E-state index is 13.9. The summed E-state index contributed by atoms with van der Waals surface area (Å²) in [4.78, 5) is 37.3. The lowest BCUT2D eigenvalue weighted by atomic mass is 10.0. The molecular formula is C24H28F2N4O2. The highest BCUT2D eigenvalue weighted by atomic mass is 19.1. The molecule has 170 valence electrons. The van der Waals surface area contributed by atoms with Crippen LogP contribution in [0.4, 0.5) is 8.78 Å². The predicted octanol–water partition coefficient (Wildman–Crippen LogP) is 2.91. The van der Waals surface area contributed by atoms with Gasteiger partial charge in [-0.1, -0.05) is 12.8 Å². The van der Waals surface area contributed by atoms with Gasteiger partial charge in [-0.3, -0.25) is 14.5 Å². The van der Waals surface area contributed by atoms with E-state index < -0.39 is 11.6 Å². The van der Waals surface area contributed by atoms with Gasteiger partial charge in [0.05, 0.1) is 17.7 Å². The summed E-state index contributed by atoms with van der Waals surface area (Å²) >= 11 is 0. The number of carbonyl (C=O) groups excluding carboxylic acids is 1. The van der Waals surface area contributed by atoms with Crippen molar-refractivity contribution in [2.45, 2.75) is 63.5 Å². The second-order valence-corrected chi connectivity index (χ2v) is 9.27. The zero-order chi connectivity index (χ0) is 22.2. The minimum Gasteiger partial charge on any atom is -0.342 e. The lowest BCUT2D eigenvalue weighted by Crippen LogP contribution is -2.41. The van der Waals surface area contributed by atoms with Gasteiger partial charge in [-0.15, -0.1) is 0 Å². The van der Waals surface area contributed by atoms with E-state index in [1.807, 2.05) is 0 Å². The summed E-state index contributed by atoms with van der Waals surface area (Å²) in [6, 6.07) is 3.73. The number of halogens is 2. The monoisotopic (exact) mass is 442 g/mol. The van der Waals surface area contributed by atoms with E-state index in [1.54, 1.807) is 4.90 Å². The van der Waals surface area contributed by atoms with Crippen LogP contribution in [0.1, 0.15) is 60.7 Å². The number of aromatic nitrogens is 2. The molecule has 2 aliphatic heterocycles. The van der Waals surface area contributed by atoms with Gasteiger partial charge < -0.3 is 9.88 Å². The normalized spacial score (nSPS) is 21.8. The van der Waals surface area contributed by atoms with Gasteiger partial charge in [0.15, 0.2) is 0 Å². The van der Waals surface area contributed by atoms with Crippen LogP contribution in [-0.4, -0.2) is 51.4 Å². The number of aromatic amines is 1. The Morgan fingerprint density at radius 3 is 2.78 bits per heavy atom. The Morgan fingerprint density at radius 2 is 1.97 bits per heavy atom. The fraction of sp³-hybridized carbons (Fsp3) is 0.542. The second kappa shape index (κ2) is 8.73. The van der Waals surface area contributed by atoms with Crippen molar-refractivity contribution in [1.29, 1.82) is 0 Å². The van der Waals surface area contributed by atoms with Crippen molar-refractivity contribution in [3.05, 3.63) is 62.8 Å². The van der Waals surface area contributed by atoms with Gasteiger partial charge in [0, 0.05) is 50.1 Å². The lowest BCUT2D eigenvalue weighted by Gasteiger charge is -2.32. The summed E-state index contributed by atoms with van der Waals surface area (Å²) in [7, 11) is 0. The highest BCUT2D eigenvalue weighted by Gasteiger charge is 2.32. The number of likely N-dealkylation sites (tertiary alicyclic amines) is 1. The molecule has 8 heteroatoms. The van der Waals surface area contributed by atoms with Crippen LogP contribution in [0.3, 0.4) is 0 Å². The van der Waals surface area contributed by atoms with Crippen LogP contribution in [-0.2, 0) is 24.2 Å². The van der Waals surface area contributed by atoms with Gasteiger partial charge in [0.2, 0.25) is 5.91 Å². The Hall–Kier alpha value is -2.61. The van der Waals surface area contributed by atoms with Crippen LogP contribution in [0.2, 0.25) is 0 Å². The fourth-order valence-electron chi connectivity index (χ4n) is 5.40. The molecule has 1 aromatic carbocycles. The molecule has 1 atom stereocenters. The van der Waals surface area contributed by atoms with Gasteiger partial charge >= 0.3 is 0 Å². The molecule has 1 N–H and O–H groups in total. The highest BCUT2D eigenvalue weighted by molar-refractivity contribution is 5.79. The molecule has 1 saturated heterocycles. The van der Waals surface area contributed by atoms with Crippen LogP contribution in [0, 0.1) is 11.6 Å². The maximum absolute atomic E-state index is 13.9. The number of hydrogen-bond donors (Lipinski definition) is 1. The van der Waals surface area contributed by atoms with Gasteiger partial charge in [-0.05, 0) is 37.5 Å². The van der Waals surface area contributed by atoms with Crippen molar-refractivity contribution in [2.24, 2.45) is 0 Å². The number of hydrogen-bond acceptors (Lipinski definition) is 4. The van der Waals surface area contributed by atoms with E-state index in [2.05, 4.69) is 9.88 Å². The van der Waals surface area contributed by atoms with Gasteiger partial charge in [0.1, 0.15) is 17.5 Å². The summed E-state index contributed by atoms with van der Waals surface area (Å²) < 4.78 is 27.3. The minimum absolute atomic E-state index is 0.0535. The van der Waals surface area contributed by atoms with E-state index in [0.717, 1.165) is 42.4 Å². The van der Waals surface area contributed by atoms with E-state index in [0.29, 0.717) is 37.9 Å². The predicted molar refractivity (Wildman–Crippen MR) is 115 cm³/mol. The van der Waals surface area contributed by atoms with Crippen molar-refractivity contribution in [3.8, 4) is 0 Å². The summed E-state index contributed by atoms with van der Waals surface area (Å²) in [6.45, 7) is 2.53. The Balaban J connectivity index is 1.26. The van der Waals surface area contributed by atoms with Crippen molar-refractivity contribution >= 4 is 5.91 Å². The molecule has 1 aliphatic carbocycles. The van der Waals surface area contributed by atoms with E-state index >= 15 is 0 Å². The SMILES string of the molecule is O=C(Cc1cc(F)ccc1F)N1CCC(c2nc3c(c(=O)[nH]2)CN(C2CCCC2)CC3)C1. The smallest absolute Gasteiger partial charge is 0.255 e. The lowest BCUT2D eigenvalue weighted by molar-refractivity contribution is -0.129. The van der Waals surface area contributed by atoms with Gasteiger partial charge in [-0.2, -0.15) is 0 Å². The van der Waals surface area contributed by atoms with Gasteiger partial charge in [0.25, 0.3) is 5.56 Å². The second-order valence-electron chi connectivity index (χ2n) is 9.27. The Morgan fingerprint density at radius 1 is 1.16 bits per heavy atom. The first-order chi connectivity index (χ1) is 15.5. The Bertz CT molecular complexity index is 1080. The molecule has 2 aromatic rings. The van der Waals surface area contributed by atoms with Crippen LogP contribution < -0.4 is 5.56 Å². The zero-order valence-corrected chi connectivity index (χ0v) is 18.1. The number of nitrogens with zero attached hydrogens (tertiary/aromatic N) is 3. The molecule has 32 heavy (non-hydrogen) atoms. The fourth-order valence-corrected chi connectivity index (χ4v) is 5.40. The zero-order valence-electron chi connectivity index (χ0n) is 18.1. The molecule has 1 saturated carbocycles. The molecule has 6 nitrogen and oxygen atoms in total. The highest BCUT2D eigenvalue weighted by Crippen LogP contribution is 2.29. The number of amides is 1. The van der Waals surface area contributed by atoms with Gasteiger partial charge in [-0.25, -0.2) is 13.8 Å². The summed E-state index contributed by atoms with van der Waals surface area (Å²) in [5.74, 6) is -0.805. The third-order valence-corrected chi connectivity index (χ3v) is 7.23. The summed E-state index contributed by atoms with van der Waals surface area (Å²) in [5, 5.41) is 0. The first-order valence-electron chi connectivity index (χ1n) is 11.6. The first kappa shape index (κ1) is 21.2. The molecule has 1 unspecified atom stereocenters. The topological polar surface area (TPSA) is 69.3 Å². The molecule has 1 amide bonds. The average Bonchev–Trinajstić information content (AvgIpc) is 3.48. The number of rotatable bonds is 4. The average molecular weight is 443 g/mol. The van der Waals surface area contributed by atoms with Crippen LogP contribution in [0.5, 0.6) is 0 Å². The Kier molecular flexibility index (Phi) is 5.80. The number of fused-ring (bicyclic) bond motifs is 1. The third kappa shape index (κ3) is 4.20.